The number of carboxylic acids is 1. The Bertz CT molecular complexity index is 190. The molecule has 0 saturated heterocycles. The summed E-state index contributed by atoms with van der Waals surface area (Å²) < 4.78 is 0. The van der Waals surface area contributed by atoms with Gasteiger partial charge >= 0.3 is 5.97 Å². The van der Waals surface area contributed by atoms with Gasteiger partial charge in [-0.2, -0.15) is 0 Å². The van der Waals surface area contributed by atoms with Crippen molar-refractivity contribution in [2.75, 3.05) is 0 Å². The van der Waals surface area contributed by atoms with Gasteiger partial charge in [0.2, 0.25) is 0 Å². The van der Waals surface area contributed by atoms with Crippen LogP contribution in [0.2, 0.25) is 0 Å². The second-order valence-electron chi connectivity index (χ2n) is 4.57. The van der Waals surface area contributed by atoms with E-state index in [4.69, 9.17) is 5.11 Å². The van der Waals surface area contributed by atoms with Crippen molar-refractivity contribution in [3.8, 4) is 0 Å². The minimum absolute atomic E-state index is 0.313. The van der Waals surface area contributed by atoms with E-state index in [1.165, 1.54) is 32.1 Å². The summed E-state index contributed by atoms with van der Waals surface area (Å²) in [5, 5.41) is 8.45. The molecule has 3 nitrogen and oxygen atoms in total. The highest BCUT2D eigenvalue weighted by molar-refractivity contribution is 5.66. The molecule has 17 heavy (non-hydrogen) atoms. The van der Waals surface area contributed by atoms with Crippen molar-refractivity contribution in [3.63, 3.8) is 0 Å². The number of carbonyl (C=O) groups is 1. The van der Waals surface area contributed by atoms with Crippen molar-refractivity contribution >= 4 is 12.3 Å². The first-order valence-corrected chi connectivity index (χ1v) is 6.84. The first kappa shape index (κ1) is 16.1. The van der Waals surface area contributed by atoms with E-state index in [-0.39, 0.29) is 0 Å². The fraction of sp³-hybridized carbons (Fsp3) is 0.857. The van der Waals surface area contributed by atoms with Gasteiger partial charge in [-0.25, -0.2) is 0 Å². The summed E-state index contributed by atoms with van der Waals surface area (Å²) in [6.07, 6.45) is 14.2. The van der Waals surface area contributed by atoms with Crippen LogP contribution in [0.5, 0.6) is 0 Å². The number of rotatable bonds is 13. The van der Waals surface area contributed by atoms with Crippen molar-refractivity contribution in [3.05, 3.63) is 0 Å². The van der Waals surface area contributed by atoms with E-state index in [1.54, 1.807) is 0 Å². The SMILES string of the molecule is O=[C]CCCCCCCCCCCCC(=O)O. The largest absolute Gasteiger partial charge is 0.481 e. The molecule has 0 aliphatic heterocycles. The Morgan fingerprint density at radius 3 is 1.59 bits per heavy atom. The summed E-state index contributed by atoms with van der Waals surface area (Å²) in [7, 11) is 0. The molecule has 0 aliphatic rings. The third-order valence-electron chi connectivity index (χ3n) is 2.92. The number of carbonyl (C=O) groups excluding carboxylic acids is 1. The molecule has 0 atom stereocenters. The Kier molecular flexibility index (Phi) is 12.5. The van der Waals surface area contributed by atoms with Gasteiger partial charge in [0.15, 0.2) is 6.29 Å². The molecule has 1 N–H and O–H groups in total. The Balaban J connectivity index is 2.94. The molecular formula is C14H25O3. The molecule has 0 aromatic carbocycles. The Morgan fingerprint density at radius 2 is 1.18 bits per heavy atom. The zero-order chi connectivity index (χ0) is 12.8. The van der Waals surface area contributed by atoms with Crippen LogP contribution in [0.3, 0.4) is 0 Å². The van der Waals surface area contributed by atoms with Crippen LogP contribution >= 0.6 is 0 Å². The lowest BCUT2D eigenvalue weighted by Gasteiger charge is -2.01. The fourth-order valence-corrected chi connectivity index (χ4v) is 1.89. The Labute approximate surface area is 105 Å². The second-order valence-corrected chi connectivity index (χ2v) is 4.57. The first-order valence-electron chi connectivity index (χ1n) is 6.84. The molecule has 3 heteroatoms. The molecule has 99 valence electrons. The van der Waals surface area contributed by atoms with Crippen molar-refractivity contribution in [2.45, 2.75) is 77.0 Å². The summed E-state index contributed by atoms with van der Waals surface area (Å²) in [5.41, 5.74) is 0. The quantitative estimate of drug-likeness (QED) is 0.498. The number of hydrogen-bond donors (Lipinski definition) is 1. The van der Waals surface area contributed by atoms with Gasteiger partial charge in [-0.1, -0.05) is 51.4 Å². The highest BCUT2D eigenvalue weighted by Crippen LogP contribution is 2.11. The molecular weight excluding hydrogens is 216 g/mol. The van der Waals surface area contributed by atoms with E-state index in [0.717, 1.165) is 32.1 Å². The minimum atomic E-state index is -0.683. The fourth-order valence-electron chi connectivity index (χ4n) is 1.89. The maximum Gasteiger partial charge on any atom is 0.303 e. The van der Waals surface area contributed by atoms with Crippen LogP contribution < -0.4 is 0 Å². The van der Waals surface area contributed by atoms with E-state index in [1.807, 2.05) is 6.29 Å². The summed E-state index contributed by atoms with van der Waals surface area (Å²) in [5.74, 6) is -0.683. The molecule has 1 radical (unpaired) electrons. The summed E-state index contributed by atoms with van der Waals surface area (Å²) in [6, 6.07) is 0. The van der Waals surface area contributed by atoms with Crippen molar-refractivity contribution in [2.24, 2.45) is 0 Å². The minimum Gasteiger partial charge on any atom is -0.481 e. The number of aliphatic carboxylic acids is 1. The van der Waals surface area contributed by atoms with E-state index >= 15 is 0 Å². The van der Waals surface area contributed by atoms with Crippen LogP contribution in [-0.2, 0) is 9.59 Å². The van der Waals surface area contributed by atoms with Crippen LogP contribution in [0.4, 0.5) is 0 Å². The Hall–Kier alpha value is -0.860. The molecule has 0 aliphatic carbocycles. The number of carboxylic acid groups (broad SMARTS) is 1. The maximum absolute atomic E-state index is 10.3. The second kappa shape index (κ2) is 13.2. The molecule has 0 bridgehead atoms. The van der Waals surface area contributed by atoms with Crippen molar-refractivity contribution in [1.29, 1.82) is 0 Å². The zero-order valence-electron chi connectivity index (χ0n) is 10.7. The Morgan fingerprint density at radius 1 is 0.765 bits per heavy atom. The average Bonchev–Trinajstić information content (AvgIpc) is 2.30. The third kappa shape index (κ3) is 15.1. The van der Waals surface area contributed by atoms with E-state index in [0.29, 0.717) is 12.8 Å². The van der Waals surface area contributed by atoms with Crippen molar-refractivity contribution in [1.82, 2.24) is 0 Å². The number of hydrogen-bond acceptors (Lipinski definition) is 2. The van der Waals surface area contributed by atoms with Gasteiger partial charge in [-0.3, -0.25) is 9.59 Å². The molecule has 0 amide bonds. The third-order valence-corrected chi connectivity index (χ3v) is 2.92. The molecule has 0 fully saturated rings. The van der Waals surface area contributed by atoms with E-state index in [2.05, 4.69) is 0 Å². The van der Waals surface area contributed by atoms with Crippen molar-refractivity contribution < 1.29 is 14.7 Å². The normalized spacial score (nSPS) is 10.4. The molecule has 0 rings (SSSR count). The van der Waals surface area contributed by atoms with Crippen LogP contribution in [0.15, 0.2) is 0 Å². The monoisotopic (exact) mass is 241 g/mol. The van der Waals surface area contributed by atoms with Crippen LogP contribution in [0.1, 0.15) is 77.0 Å². The van der Waals surface area contributed by atoms with Gasteiger partial charge < -0.3 is 5.11 Å². The van der Waals surface area contributed by atoms with E-state index in [9.17, 15) is 9.59 Å². The van der Waals surface area contributed by atoms with Gasteiger partial charge in [-0.15, -0.1) is 0 Å². The van der Waals surface area contributed by atoms with Gasteiger partial charge in [-0.05, 0) is 12.8 Å². The average molecular weight is 241 g/mol. The summed E-state index contributed by atoms with van der Waals surface area (Å²) in [4.78, 5) is 20.2. The van der Waals surface area contributed by atoms with Gasteiger partial charge in [0.1, 0.15) is 0 Å². The summed E-state index contributed by atoms with van der Waals surface area (Å²) >= 11 is 0. The van der Waals surface area contributed by atoms with Crippen LogP contribution in [0, 0.1) is 0 Å². The number of unbranched alkanes of at least 4 members (excludes halogenated alkanes) is 10. The predicted octanol–water partition coefficient (Wildman–Crippen LogP) is 3.86. The molecule has 0 aromatic heterocycles. The molecule has 0 unspecified atom stereocenters. The lowest BCUT2D eigenvalue weighted by Crippen LogP contribution is -1.93. The van der Waals surface area contributed by atoms with Crippen LogP contribution in [0.25, 0.3) is 0 Å². The lowest BCUT2D eigenvalue weighted by atomic mass is 10.1. The van der Waals surface area contributed by atoms with Gasteiger partial charge in [0.25, 0.3) is 0 Å². The molecule has 0 heterocycles. The molecule has 0 spiro atoms. The predicted molar refractivity (Wildman–Crippen MR) is 68.7 cm³/mol. The maximum atomic E-state index is 10.3. The lowest BCUT2D eigenvalue weighted by molar-refractivity contribution is -0.137. The highest BCUT2D eigenvalue weighted by atomic mass is 16.4. The smallest absolute Gasteiger partial charge is 0.303 e. The molecule has 0 saturated carbocycles. The first-order chi connectivity index (χ1) is 8.27. The van der Waals surface area contributed by atoms with Gasteiger partial charge in [0.05, 0.1) is 0 Å². The topological polar surface area (TPSA) is 54.4 Å². The van der Waals surface area contributed by atoms with Crippen LogP contribution in [-0.4, -0.2) is 17.4 Å². The molecule has 0 aromatic rings. The zero-order valence-corrected chi connectivity index (χ0v) is 10.7. The highest BCUT2D eigenvalue weighted by Gasteiger charge is 1.96. The van der Waals surface area contributed by atoms with Gasteiger partial charge in [0, 0.05) is 12.8 Å². The summed E-state index contributed by atoms with van der Waals surface area (Å²) in [6.45, 7) is 0. The standard InChI is InChI=1S/C14H25O3/c15-13-11-9-7-5-3-1-2-4-6-8-10-12-14(16)17/h1-12H2,(H,16,17). The van der Waals surface area contributed by atoms with E-state index < -0.39 is 5.97 Å².